The minimum Gasteiger partial charge on any atom is -0.480 e. The highest BCUT2D eigenvalue weighted by atomic mass is 16.4. The number of aliphatic carboxylic acids is 1. The van der Waals surface area contributed by atoms with Crippen LogP contribution in [-0.4, -0.2) is 28.3 Å². The zero-order valence-corrected chi connectivity index (χ0v) is 8.75. The standard InChI is InChI=1S/C7H4O.C4H9NO3/c8-7-5-3-1-2-4-6(5)7;1-2(6)3(5)4(7)8/h1-4H;2-3,6H,5H2,1H3,(H,7,8). The molecule has 0 aliphatic carbocycles. The number of aliphatic hydroxyl groups excluding tert-OH is 1. The van der Waals surface area contributed by atoms with Crippen molar-refractivity contribution in [2.75, 3.05) is 0 Å². The minimum absolute atomic E-state index is 0.218. The van der Waals surface area contributed by atoms with Crippen molar-refractivity contribution in [2.45, 2.75) is 19.1 Å². The number of fused-ring (bicyclic) bond motifs is 1. The number of carbonyl (C=O) groups is 1. The van der Waals surface area contributed by atoms with Gasteiger partial charge in [0.1, 0.15) is 6.04 Å². The predicted octanol–water partition coefficient (Wildman–Crippen LogP) is -0.145. The van der Waals surface area contributed by atoms with Gasteiger partial charge in [0, 0.05) is 10.8 Å². The lowest BCUT2D eigenvalue weighted by molar-refractivity contribution is -0.140. The SMILES string of the molecule is CC(O)C(N)C(=O)O.O=c1c2ccccc12. The van der Waals surface area contributed by atoms with Crippen LogP contribution in [0.2, 0.25) is 0 Å². The lowest BCUT2D eigenvalue weighted by Crippen LogP contribution is -2.39. The van der Waals surface area contributed by atoms with Crippen LogP contribution in [0.5, 0.6) is 0 Å². The van der Waals surface area contributed by atoms with Crippen LogP contribution < -0.4 is 11.2 Å². The molecule has 86 valence electrons. The molecule has 0 saturated heterocycles. The number of aliphatic hydroxyl groups is 1. The van der Waals surface area contributed by atoms with Gasteiger partial charge in [-0.1, -0.05) is 24.3 Å². The smallest absolute Gasteiger partial charge is 0.323 e. The van der Waals surface area contributed by atoms with Crippen molar-refractivity contribution < 1.29 is 15.0 Å². The Bertz CT molecular complexity index is 466. The molecule has 0 saturated carbocycles. The largest absolute Gasteiger partial charge is 0.480 e. The molecule has 0 amide bonds. The normalized spacial score (nSPS) is 14.2. The minimum atomic E-state index is -1.18. The van der Waals surface area contributed by atoms with E-state index in [9.17, 15) is 9.59 Å². The molecule has 0 aromatic heterocycles. The maximum absolute atomic E-state index is 10.5. The van der Waals surface area contributed by atoms with E-state index < -0.39 is 18.1 Å². The first-order chi connectivity index (χ1) is 7.45. The van der Waals surface area contributed by atoms with Gasteiger partial charge in [0.15, 0.2) is 5.43 Å². The second-order valence-electron chi connectivity index (χ2n) is 3.48. The molecule has 0 heterocycles. The maximum atomic E-state index is 10.5. The number of nitrogens with two attached hydrogens (primary N) is 1. The predicted molar refractivity (Wildman–Crippen MR) is 59.9 cm³/mol. The maximum Gasteiger partial charge on any atom is 0.323 e. The van der Waals surface area contributed by atoms with Gasteiger partial charge in [-0.05, 0) is 6.92 Å². The van der Waals surface area contributed by atoms with Crippen molar-refractivity contribution in [2.24, 2.45) is 5.73 Å². The van der Waals surface area contributed by atoms with E-state index in [4.69, 9.17) is 15.9 Å². The molecule has 0 aliphatic heterocycles. The molecule has 5 nitrogen and oxygen atoms in total. The van der Waals surface area contributed by atoms with Crippen LogP contribution in [0.15, 0.2) is 29.1 Å². The Morgan fingerprint density at radius 2 is 1.75 bits per heavy atom. The van der Waals surface area contributed by atoms with Crippen molar-refractivity contribution in [3.63, 3.8) is 0 Å². The molecule has 5 heteroatoms. The van der Waals surface area contributed by atoms with Gasteiger partial charge in [0.05, 0.1) is 6.10 Å². The van der Waals surface area contributed by atoms with Crippen LogP contribution in [0, 0.1) is 0 Å². The van der Waals surface area contributed by atoms with Gasteiger partial charge in [-0.15, -0.1) is 0 Å². The summed E-state index contributed by atoms with van der Waals surface area (Å²) in [5, 5.41) is 18.3. The Morgan fingerprint density at radius 1 is 1.31 bits per heavy atom. The van der Waals surface area contributed by atoms with Gasteiger partial charge < -0.3 is 15.9 Å². The van der Waals surface area contributed by atoms with Crippen LogP contribution in [0.25, 0.3) is 10.8 Å². The molecular weight excluding hydrogens is 210 g/mol. The number of rotatable bonds is 2. The quantitative estimate of drug-likeness (QED) is 0.657. The van der Waals surface area contributed by atoms with Crippen LogP contribution in [0.3, 0.4) is 0 Å². The third-order valence-corrected chi connectivity index (χ3v) is 2.16. The van der Waals surface area contributed by atoms with Crippen LogP contribution >= 0.6 is 0 Å². The summed E-state index contributed by atoms with van der Waals surface area (Å²) in [7, 11) is 0. The van der Waals surface area contributed by atoms with Crippen LogP contribution in [0.4, 0.5) is 0 Å². The van der Waals surface area contributed by atoms with E-state index in [0.717, 1.165) is 10.8 Å². The van der Waals surface area contributed by atoms with Crippen molar-refractivity contribution in [3.8, 4) is 0 Å². The molecular formula is C11H13NO4. The van der Waals surface area contributed by atoms with E-state index in [2.05, 4.69) is 0 Å². The zero-order chi connectivity index (χ0) is 12.3. The zero-order valence-electron chi connectivity index (χ0n) is 8.75. The molecule has 2 unspecified atom stereocenters. The van der Waals surface area contributed by atoms with Crippen molar-refractivity contribution in [3.05, 3.63) is 34.5 Å². The number of benzene rings is 1. The fraction of sp³-hybridized carbons (Fsp3) is 0.273. The summed E-state index contributed by atoms with van der Waals surface area (Å²) in [6, 6.07) is 6.29. The van der Waals surface area contributed by atoms with Gasteiger partial charge in [0.25, 0.3) is 0 Å². The molecule has 4 N–H and O–H groups in total. The highest BCUT2D eigenvalue weighted by Gasteiger charge is 2.16. The Morgan fingerprint density at radius 3 is 1.94 bits per heavy atom. The van der Waals surface area contributed by atoms with Crippen molar-refractivity contribution in [1.82, 2.24) is 0 Å². The van der Waals surface area contributed by atoms with E-state index in [1.54, 1.807) is 0 Å². The Balaban J connectivity index is 0.000000160. The van der Waals surface area contributed by atoms with Gasteiger partial charge in [-0.3, -0.25) is 9.59 Å². The molecule has 2 rings (SSSR count). The molecule has 2 aromatic rings. The molecule has 0 fully saturated rings. The first kappa shape index (κ1) is 12.4. The van der Waals surface area contributed by atoms with Crippen LogP contribution in [0.1, 0.15) is 6.92 Å². The summed E-state index contributed by atoms with van der Waals surface area (Å²) in [6.07, 6.45) is -0.979. The summed E-state index contributed by atoms with van der Waals surface area (Å²) in [5.41, 5.74) is 5.13. The highest BCUT2D eigenvalue weighted by molar-refractivity contribution is 5.96. The fourth-order valence-corrected chi connectivity index (χ4v) is 1.04. The summed E-state index contributed by atoms with van der Waals surface area (Å²) >= 11 is 0. The van der Waals surface area contributed by atoms with Crippen LogP contribution in [-0.2, 0) is 4.79 Å². The monoisotopic (exact) mass is 223 g/mol. The first-order valence-corrected chi connectivity index (χ1v) is 4.75. The molecule has 0 spiro atoms. The van der Waals surface area contributed by atoms with E-state index in [0.29, 0.717) is 0 Å². The van der Waals surface area contributed by atoms with E-state index >= 15 is 0 Å². The average molecular weight is 223 g/mol. The van der Waals surface area contributed by atoms with Gasteiger partial charge in [-0.2, -0.15) is 0 Å². The fourth-order valence-electron chi connectivity index (χ4n) is 1.04. The topological polar surface area (TPSA) is 101 Å². The number of carboxylic acids is 1. The second-order valence-corrected chi connectivity index (χ2v) is 3.48. The van der Waals surface area contributed by atoms with E-state index in [-0.39, 0.29) is 5.43 Å². The Labute approximate surface area is 91.8 Å². The molecule has 2 aromatic carbocycles. The Hall–Kier alpha value is -1.72. The van der Waals surface area contributed by atoms with Gasteiger partial charge in [0.2, 0.25) is 0 Å². The lowest BCUT2D eigenvalue weighted by Gasteiger charge is -2.06. The molecule has 0 aliphatic rings. The number of hydrogen-bond acceptors (Lipinski definition) is 4. The number of hydrogen-bond donors (Lipinski definition) is 3. The third-order valence-electron chi connectivity index (χ3n) is 2.16. The third kappa shape index (κ3) is 2.88. The summed E-state index contributed by atoms with van der Waals surface area (Å²) in [4.78, 5) is 20.4. The average Bonchev–Trinajstić information content (AvgIpc) is 2.90. The lowest BCUT2D eigenvalue weighted by atomic mass is 10.2. The second kappa shape index (κ2) is 4.87. The molecule has 0 bridgehead atoms. The first-order valence-electron chi connectivity index (χ1n) is 4.75. The van der Waals surface area contributed by atoms with Gasteiger partial charge in [-0.25, -0.2) is 0 Å². The van der Waals surface area contributed by atoms with Crippen molar-refractivity contribution >= 4 is 16.7 Å². The summed E-state index contributed by atoms with van der Waals surface area (Å²) in [5.74, 6) is -1.18. The molecule has 0 radical (unpaired) electrons. The van der Waals surface area contributed by atoms with Gasteiger partial charge >= 0.3 is 5.97 Å². The molecule has 2 atom stereocenters. The highest BCUT2D eigenvalue weighted by Crippen LogP contribution is 2.11. The number of carboxylic acid groups (broad SMARTS) is 1. The summed E-state index contributed by atoms with van der Waals surface area (Å²) in [6.45, 7) is 1.33. The van der Waals surface area contributed by atoms with E-state index in [1.165, 1.54) is 6.92 Å². The molecule has 16 heavy (non-hydrogen) atoms. The van der Waals surface area contributed by atoms with E-state index in [1.807, 2.05) is 24.3 Å². The Kier molecular flexibility index (Phi) is 3.76. The van der Waals surface area contributed by atoms with Crippen molar-refractivity contribution in [1.29, 1.82) is 0 Å². The summed E-state index contributed by atoms with van der Waals surface area (Å²) < 4.78 is 0.